The van der Waals surface area contributed by atoms with Gasteiger partial charge in [-0.25, -0.2) is 0 Å². The summed E-state index contributed by atoms with van der Waals surface area (Å²) in [7, 11) is 1.75. The zero-order valence-corrected chi connectivity index (χ0v) is 15.2. The highest BCUT2D eigenvalue weighted by Gasteiger charge is 2.29. The van der Waals surface area contributed by atoms with Crippen molar-refractivity contribution in [1.82, 2.24) is 4.90 Å². The molecule has 5 nitrogen and oxygen atoms in total. The van der Waals surface area contributed by atoms with Crippen LogP contribution in [0.25, 0.3) is 0 Å². The summed E-state index contributed by atoms with van der Waals surface area (Å²) in [5, 5.41) is 2.87. The van der Waals surface area contributed by atoms with Crippen LogP contribution in [0.3, 0.4) is 0 Å². The Hall–Kier alpha value is -2.82. The van der Waals surface area contributed by atoms with Crippen LogP contribution in [0.2, 0.25) is 0 Å². The van der Waals surface area contributed by atoms with E-state index in [0.29, 0.717) is 24.4 Å². The van der Waals surface area contributed by atoms with Gasteiger partial charge in [0.1, 0.15) is 12.4 Å². The summed E-state index contributed by atoms with van der Waals surface area (Å²) in [5.41, 5.74) is 2.35. The lowest BCUT2D eigenvalue weighted by molar-refractivity contribution is -0.117. The Balaban J connectivity index is 1.53. The minimum Gasteiger partial charge on any atom is -0.492 e. The lowest BCUT2D eigenvalue weighted by Gasteiger charge is -2.18. The number of hydrogen-bond acceptors (Lipinski definition) is 3. The average molecular weight is 352 g/mol. The van der Waals surface area contributed by atoms with Crippen LogP contribution in [0.5, 0.6) is 5.75 Å². The molecule has 1 aliphatic rings. The molecule has 136 valence electrons. The van der Waals surface area contributed by atoms with Gasteiger partial charge >= 0.3 is 0 Å². The Morgan fingerprint density at radius 2 is 1.92 bits per heavy atom. The summed E-state index contributed by atoms with van der Waals surface area (Å²) < 4.78 is 5.70. The van der Waals surface area contributed by atoms with E-state index in [4.69, 9.17) is 4.74 Å². The predicted molar refractivity (Wildman–Crippen MR) is 101 cm³/mol. The molecule has 1 N–H and O–H groups in total. The zero-order chi connectivity index (χ0) is 18.5. The molecule has 0 aromatic heterocycles. The van der Waals surface area contributed by atoms with E-state index < -0.39 is 0 Å². The Bertz CT molecular complexity index is 799. The van der Waals surface area contributed by atoms with Gasteiger partial charge in [0.15, 0.2) is 0 Å². The predicted octanol–water partition coefficient (Wildman–Crippen LogP) is 3.49. The number of benzene rings is 2. The number of carbonyl (C=O) groups is 2. The summed E-state index contributed by atoms with van der Waals surface area (Å²) in [6.45, 7) is 2.91. The summed E-state index contributed by atoms with van der Waals surface area (Å²) in [6.07, 6.45) is 1.91. The lowest BCUT2D eigenvalue weighted by atomic mass is 10.1. The molecule has 2 aromatic carbocycles. The van der Waals surface area contributed by atoms with E-state index in [-0.39, 0.29) is 17.7 Å². The lowest BCUT2D eigenvalue weighted by Crippen LogP contribution is -2.31. The summed E-state index contributed by atoms with van der Waals surface area (Å²) >= 11 is 0. The van der Waals surface area contributed by atoms with Crippen molar-refractivity contribution in [2.45, 2.75) is 19.8 Å². The number of rotatable bonds is 7. The van der Waals surface area contributed by atoms with Crippen molar-refractivity contribution < 1.29 is 14.3 Å². The molecule has 0 aliphatic heterocycles. The van der Waals surface area contributed by atoms with E-state index in [9.17, 15) is 9.59 Å². The van der Waals surface area contributed by atoms with Crippen LogP contribution in [0.1, 0.15) is 28.8 Å². The normalized spacial score (nSPS) is 13.2. The Labute approximate surface area is 154 Å². The zero-order valence-electron chi connectivity index (χ0n) is 15.2. The molecule has 0 atom stereocenters. The van der Waals surface area contributed by atoms with Crippen LogP contribution < -0.4 is 10.1 Å². The molecule has 1 aliphatic carbocycles. The molecule has 2 amide bonds. The number of amides is 2. The van der Waals surface area contributed by atoms with E-state index in [1.807, 2.05) is 31.2 Å². The number of aryl methyl sites for hydroxylation is 1. The Morgan fingerprint density at radius 3 is 2.65 bits per heavy atom. The molecule has 1 fully saturated rings. The van der Waals surface area contributed by atoms with Crippen LogP contribution in [-0.4, -0.2) is 36.9 Å². The third-order valence-electron chi connectivity index (χ3n) is 4.36. The van der Waals surface area contributed by atoms with Crippen LogP contribution in [0, 0.1) is 12.8 Å². The number of anilines is 1. The number of carbonyl (C=O) groups excluding carboxylic acids is 2. The summed E-state index contributed by atoms with van der Waals surface area (Å²) in [5.74, 6) is 0.876. The molecule has 2 aromatic rings. The first-order valence-electron chi connectivity index (χ1n) is 8.89. The van der Waals surface area contributed by atoms with Crippen molar-refractivity contribution in [3.8, 4) is 5.75 Å². The number of ether oxygens (including phenoxy) is 1. The monoisotopic (exact) mass is 352 g/mol. The smallest absolute Gasteiger partial charge is 0.253 e. The van der Waals surface area contributed by atoms with Crippen LogP contribution in [0.15, 0.2) is 48.5 Å². The summed E-state index contributed by atoms with van der Waals surface area (Å²) in [6, 6.07) is 14.9. The molecule has 26 heavy (non-hydrogen) atoms. The highest BCUT2D eigenvalue weighted by molar-refractivity contribution is 5.98. The van der Waals surface area contributed by atoms with Gasteiger partial charge in [-0.3, -0.25) is 9.59 Å². The van der Waals surface area contributed by atoms with Crippen molar-refractivity contribution in [3.05, 3.63) is 59.7 Å². The van der Waals surface area contributed by atoms with E-state index >= 15 is 0 Å². The molecule has 0 spiro atoms. The third kappa shape index (κ3) is 4.85. The fraction of sp³-hybridized carbons (Fsp3) is 0.333. The topological polar surface area (TPSA) is 58.6 Å². The van der Waals surface area contributed by atoms with Gasteiger partial charge in [0.05, 0.1) is 6.54 Å². The maximum atomic E-state index is 12.6. The molecule has 1 saturated carbocycles. The van der Waals surface area contributed by atoms with E-state index in [1.54, 1.807) is 36.2 Å². The van der Waals surface area contributed by atoms with Gasteiger partial charge < -0.3 is 15.0 Å². The first-order valence-corrected chi connectivity index (χ1v) is 8.89. The molecule has 0 saturated heterocycles. The standard InChI is InChI=1S/C21H24N2O3/c1-15-5-3-8-19(13-15)26-12-11-23(2)21(25)17-6-4-7-18(14-17)22-20(24)16-9-10-16/h3-8,13-14,16H,9-12H2,1-2H3,(H,22,24). The molecule has 0 unspecified atom stereocenters. The molecule has 5 heteroatoms. The second kappa shape index (κ2) is 8.04. The first-order chi connectivity index (χ1) is 12.5. The fourth-order valence-corrected chi connectivity index (χ4v) is 2.65. The molecule has 0 bridgehead atoms. The first kappa shape index (κ1) is 18.0. The van der Waals surface area contributed by atoms with E-state index in [1.165, 1.54) is 0 Å². The van der Waals surface area contributed by atoms with Gasteiger partial charge in [0.25, 0.3) is 5.91 Å². The maximum absolute atomic E-state index is 12.6. The average Bonchev–Trinajstić information content (AvgIpc) is 3.46. The fourth-order valence-electron chi connectivity index (χ4n) is 2.65. The van der Waals surface area contributed by atoms with E-state index in [0.717, 1.165) is 24.2 Å². The number of hydrogen-bond donors (Lipinski definition) is 1. The minimum absolute atomic E-state index is 0.0366. The number of nitrogens with one attached hydrogen (secondary N) is 1. The second-order valence-electron chi connectivity index (χ2n) is 6.74. The molecule has 0 radical (unpaired) electrons. The highest BCUT2D eigenvalue weighted by atomic mass is 16.5. The largest absolute Gasteiger partial charge is 0.492 e. The Morgan fingerprint density at radius 1 is 1.15 bits per heavy atom. The van der Waals surface area contributed by atoms with Crippen molar-refractivity contribution in [2.24, 2.45) is 5.92 Å². The maximum Gasteiger partial charge on any atom is 0.253 e. The number of nitrogens with zero attached hydrogens (tertiary/aromatic N) is 1. The van der Waals surface area contributed by atoms with Crippen molar-refractivity contribution in [3.63, 3.8) is 0 Å². The van der Waals surface area contributed by atoms with Gasteiger partial charge in [0.2, 0.25) is 5.91 Å². The van der Waals surface area contributed by atoms with Crippen molar-refractivity contribution in [2.75, 3.05) is 25.5 Å². The summed E-state index contributed by atoms with van der Waals surface area (Å²) in [4.78, 5) is 26.1. The number of likely N-dealkylation sites (N-methyl/N-ethyl adjacent to an activating group) is 1. The highest BCUT2D eigenvalue weighted by Crippen LogP contribution is 2.30. The van der Waals surface area contributed by atoms with Crippen molar-refractivity contribution >= 4 is 17.5 Å². The van der Waals surface area contributed by atoms with Gasteiger partial charge in [-0.2, -0.15) is 0 Å². The SMILES string of the molecule is Cc1cccc(OCCN(C)C(=O)c2cccc(NC(=O)C3CC3)c2)c1. The van der Waals surface area contributed by atoms with Crippen LogP contribution in [0.4, 0.5) is 5.69 Å². The van der Waals surface area contributed by atoms with Gasteiger partial charge in [-0.15, -0.1) is 0 Å². The molecular weight excluding hydrogens is 328 g/mol. The minimum atomic E-state index is -0.0969. The Kier molecular flexibility index (Phi) is 5.56. The molecular formula is C21H24N2O3. The third-order valence-corrected chi connectivity index (χ3v) is 4.36. The van der Waals surface area contributed by atoms with Crippen LogP contribution in [-0.2, 0) is 4.79 Å². The second-order valence-corrected chi connectivity index (χ2v) is 6.74. The van der Waals surface area contributed by atoms with Gasteiger partial charge in [-0.05, 0) is 55.7 Å². The molecule has 3 rings (SSSR count). The molecule has 0 heterocycles. The van der Waals surface area contributed by atoms with Gasteiger partial charge in [-0.1, -0.05) is 18.2 Å². The van der Waals surface area contributed by atoms with E-state index in [2.05, 4.69) is 5.32 Å². The van der Waals surface area contributed by atoms with Crippen molar-refractivity contribution in [1.29, 1.82) is 0 Å². The quantitative estimate of drug-likeness (QED) is 0.830. The van der Waals surface area contributed by atoms with Crippen LogP contribution >= 0.6 is 0 Å². The van der Waals surface area contributed by atoms with Gasteiger partial charge in [0, 0.05) is 24.2 Å².